The van der Waals surface area contributed by atoms with Crippen molar-refractivity contribution in [2.24, 2.45) is 17.8 Å². The Morgan fingerprint density at radius 3 is 1.21 bits per heavy atom. The molecule has 0 aliphatic heterocycles. The summed E-state index contributed by atoms with van der Waals surface area (Å²) in [5, 5.41) is 9.11. The van der Waals surface area contributed by atoms with E-state index in [-0.39, 0.29) is 0 Å². The van der Waals surface area contributed by atoms with E-state index in [1.54, 1.807) is 0 Å². The van der Waals surface area contributed by atoms with Crippen LogP contribution in [0, 0.1) is 29.1 Å². The fraction of sp³-hybridized carbons (Fsp3) is 0.227. The van der Waals surface area contributed by atoms with Gasteiger partial charge in [0.25, 0.3) is 0 Å². The third-order valence-corrected chi connectivity index (χ3v) is 11.2. The molecule has 4 saturated carbocycles. The van der Waals surface area contributed by atoms with Crippen LogP contribution in [0.3, 0.4) is 0 Å². The molecule has 6 aromatic rings. The number of nitrogens with zero attached hydrogens (tertiary/aromatic N) is 4. The molecular formula is C44H36N4. The van der Waals surface area contributed by atoms with E-state index in [9.17, 15) is 0 Å². The van der Waals surface area contributed by atoms with Gasteiger partial charge in [-0.15, -0.1) is 0 Å². The molecule has 0 saturated heterocycles. The lowest BCUT2D eigenvalue weighted by atomic mass is 9.48. The fourth-order valence-corrected chi connectivity index (χ4v) is 9.19. The van der Waals surface area contributed by atoms with Crippen molar-refractivity contribution in [3.05, 3.63) is 139 Å². The number of aromatic nitrogens is 3. The molecule has 0 radical (unpaired) electrons. The summed E-state index contributed by atoms with van der Waals surface area (Å²) in [6.07, 6.45) is 8.47. The number of hydrogen-bond donors (Lipinski definition) is 0. The van der Waals surface area contributed by atoms with Crippen LogP contribution in [0.2, 0.25) is 0 Å². The lowest BCUT2D eigenvalue weighted by Gasteiger charge is -2.57. The molecule has 4 aliphatic carbocycles. The van der Waals surface area contributed by atoms with Crippen LogP contribution in [0.4, 0.5) is 0 Å². The van der Waals surface area contributed by atoms with E-state index in [1.807, 2.05) is 42.5 Å². The predicted molar refractivity (Wildman–Crippen MR) is 192 cm³/mol. The average molecular weight is 621 g/mol. The van der Waals surface area contributed by atoms with Gasteiger partial charge in [0, 0.05) is 16.7 Å². The predicted octanol–water partition coefficient (Wildman–Crippen LogP) is 10.5. The first kappa shape index (κ1) is 28.8. The van der Waals surface area contributed by atoms with Gasteiger partial charge in [0.1, 0.15) is 0 Å². The van der Waals surface area contributed by atoms with Crippen molar-refractivity contribution in [2.45, 2.75) is 43.9 Å². The second kappa shape index (κ2) is 11.7. The summed E-state index contributed by atoms with van der Waals surface area (Å²) in [6, 6.07) is 46.3. The minimum Gasteiger partial charge on any atom is -0.208 e. The standard InChI is InChI=1S/C44H36N4/c45-28-29-6-8-33(9-7-29)34-10-12-35(13-11-34)36-14-16-38(17-15-36)42-46-41(37-4-2-1-3-5-37)47-43(48-42)39-18-20-40(21-19-39)44-25-30-22-31(26-44)24-32(23-30)27-44/h1-21,30-32H,22-27H2/t30-,31+,32-,44?. The van der Waals surface area contributed by atoms with E-state index >= 15 is 0 Å². The Morgan fingerprint density at radius 1 is 0.438 bits per heavy atom. The minimum absolute atomic E-state index is 0.373. The highest BCUT2D eigenvalue weighted by atomic mass is 15.0. The average Bonchev–Trinajstić information content (AvgIpc) is 3.15. The molecule has 5 aromatic carbocycles. The molecule has 0 amide bonds. The normalized spacial score (nSPS) is 22.4. The number of rotatable bonds is 6. The molecule has 10 rings (SSSR count). The van der Waals surface area contributed by atoms with Crippen LogP contribution < -0.4 is 0 Å². The Hall–Kier alpha value is -5.40. The van der Waals surface area contributed by atoms with Crippen molar-refractivity contribution >= 4 is 0 Å². The Bertz CT molecular complexity index is 2090. The molecule has 4 aliphatic rings. The van der Waals surface area contributed by atoms with E-state index in [0.29, 0.717) is 28.5 Å². The molecule has 4 fully saturated rings. The van der Waals surface area contributed by atoms with E-state index < -0.39 is 0 Å². The first-order valence-electron chi connectivity index (χ1n) is 17.2. The van der Waals surface area contributed by atoms with Gasteiger partial charge in [-0.25, -0.2) is 15.0 Å². The van der Waals surface area contributed by atoms with Gasteiger partial charge >= 0.3 is 0 Å². The monoisotopic (exact) mass is 620 g/mol. The Kier molecular flexibility index (Phi) is 7.01. The number of benzene rings is 5. The smallest absolute Gasteiger partial charge is 0.164 e. The second-order valence-electron chi connectivity index (χ2n) is 14.3. The molecule has 0 spiro atoms. The second-order valence-corrected chi connectivity index (χ2v) is 14.3. The zero-order valence-corrected chi connectivity index (χ0v) is 26.9. The highest BCUT2D eigenvalue weighted by molar-refractivity contribution is 5.73. The maximum absolute atomic E-state index is 9.11. The summed E-state index contributed by atoms with van der Waals surface area (Å²) in [5.74, 6) is 4.84. The SMILES string of the molecule is N#Cc1ccc(-c2ccc(-c3ccc(-c4nc(-c5ccccc5)nc(-c5ccc(C67C[C@H]8C[C@@H](C6)C[C@@H](C7)C8)cc5)n4)cc3)cc2)cc1. The van der Waals surface area contributed by atoms with Gasteiger partial charge in [0.15, 0.2) is 17.5 Å². The maximum atomic E-state index is 9.11. The number of nitriles is 1. The topological polar surface area (TPSA) is 62.5 Å². The highest BCUT2D eigenvalue weighted by Gasteiger charge is 2.51. The van der Waals surface area contributed by atoms with Gasteiger partial charge in [-0.1, -0.05) is 115 Å². The van der Waals surface area contributed by atoms with E-state index in [2.05, 4.69) is 91.0 Å². The minimum atomic E-state index is 0.373. The molecular weight excluding hydrogens is 585 g/mol. The van der Waals surface area contributed by atoms with E-state index in [0.717, 1.165) is 56.7 Å². The lowest BCUT2D eigenvalue weighted by Crippen LogP contribution is -2.48. The summed E-state index contributed by atoms with van der Waals surface area (Å²) < 4.78 is 0. The van der Waals surface area contributed by atoms with Gasteiger partial charge < -0.3 is 0 Å². The van der Waals surface area contributed by atoms with Crippen LogP contribution in [-0.2, 0) is 5.41 Å². The molecule has 4 heteroatoms. The molecule has 1 aromatic heterocycles. The number of hydrogen-bond acceptors (Lipinski definition) is 4. The summed E-state index contributed by atoms with van der Waals surface area (Å²) in [6.45, 7) is 0. The van der Waals surface area contributed by atoms with Crippen molar-refractivity contribution in [1.29, 1.82) is 5.26 Å². The third-order valence-electron chi connectivity index (χ3n) is 11.2. The van der Waals surface area contributed by atoms with Gasteiger partial charge in [-0.2, -0.15) is 5.26 Å². The molecule has 0 N–H and O–H groups in total. The van der Waals surface area contributed by atoms with Crippen molar-refractivity contribution in [3.63, 3.8) is 0 Å². The van der Waals surface area contributed by atoms with Crippen LogP contribution in [0.1, 0.15) is 49.7 Å². The van der Waals surface area contributed by atoms with Crippen LogP contribution >= 0.6 is 0 Å². The Labute approximate surface area is 282 Å². The first-order chi connectivity index (χ1) is 23.6. The molecule has 0 unspecified atom stereocenters. The van der Waals surface area contributed by atoms with Gasteiger partial charge in [-0.05, 0) is 102 Å². The summed E-state index contributed by atoms with van der Waals surface area (Å²) in [7, 11) is 0. The third kappa shape index (κ3) is 5.30. The zero-order valence-electron chi connectivity index (χ0n) is 26.9. The van der Waals surface area contributed by atoms with Gasteiger partial charge in [-0.3, -0.25) is 0 Å². The van der Waals surface area contributed by atoms with Crippen molar-refractivity contribution in [2.75, 3.05) is 0 Å². The van der Waals surface area contributed by atoms with Crippen LogP contribution in [0.25, 0.3) is 56.4 Å². The van der Waals surface area contributed by atoms with Gasteiger partial charge in [0.05, 0.1) is 11.6 Å². The van der Waals surface area contributed by atoms with Crippen LogP contribution in [0.15, 0.2) is 127 Å². The summed E-state index contributed by atoms with van der Waals surface area (Å²) >= 11 is 0. The lowest BCUT2D eigenvalue weighted by molar-refractivity contribution is -0.00518. The zero-order chi connectivity index (χ0) is 32.1. The van der Waals surface area contributed by atoms with E-state index in [1.165, 1.54) is 44.1 Å². The Morgan fingerprint density at radius 2 is 0.792 bits per heavy atom. The summed E-state index contributed by atoms with van der Waals surface area (Å²) in [5.41, 5.74) is 10.0. The molecule has 4 nitrogen and oxygen atoms in total. The largest absolute Gasteiger partial charge is 0.208 e. The maximum Gasteiger partial charge on any atom is 0.164 e. The quantitative estimate of drug-likeness (QED) is 0.186. The van der Waals surface area contributed by atoms with Crippen LogP contribution in [-0.4, -0.2) is 15.0 Å². The molecule has 0 atom stereocenters. The summed E-state index contributed by atoms with van der Waals surface area (Å²) in [4.78, 5) is 15.0. The van der Waals surface area contributed by atoms with Gasteiger partial charge in [0.2, 0.25) is 0 Å². The molecule has 48 heavy (non-hydrogen) atoms. The molecule has 1 heterocycles. The van der Waals surface area contributed by atoms with Crippen LogP contribution in [0.5, 0.6) is 0 Å². The fourth-order valence-electron chi connectivity index (χ4n) is 9.19. The van der Waals surface area contributed by atoms with Crippen molar-refractivity contribution in [3.8, 4) is 62.5 Å². The molecule has 4 bridgehead atoms. The Balaban J connectivity index is 1.02. The molecule has 232 valence electrons. The van der Waals surface area contributed by atoms with Crippen molar-refractivity contribution in [1.82, 2.24) is 15.0 Å². The van der Waals surface area contributed by atoms with E-state index in [4.69, 9.17) is 20.2 Å². The van der Waals surface area contributed by atoms with Crippen molar-refractivity contribution < 1.29 is 0 Å². The first-order valence-corrected chi connectivity index (χ1v) is 17.2. The highest BCUT2D eigenvalue weighted by Crippen LogP contribution is 2.60.